The van der Waals surface area contributed by atoms with Gasteiger partial charge in [-0.15, -0.1) is 0 Å². The Morgan fingerprint density at radius 1 is 0.929 bits per heavy atom. The maximum absolute atomic E-state index is 12.5. The fourth-order valence-corrected chi connectivity index (χ4v) is 3.37. The van der Waals surface area contributed by atoms with Crippen molar-refractivity contribution in [3.05, 3.63) is 72.0 Å². The highest BCUT2D eigenvalue weighted by molar-refractivity contribution is 6.33. The summed E-state index contributed by atoms with van der Waals surface area (Å²) in [6.07, 6.45) is 1.59. The Kier molecular flexibility index (Phi) is 5.39. The maximum atomic E-state index is 12.5. The largest absolute Gasteiger partial charge is 0.353 e. The summed E-state index contributed by atoms with van der Waals surface area (Å²) in [5, 5.41) is 3.41. The molecule has 0 spiro atoms. The maximum Gasteiger partial charge on any atom is 0.322 e. The molecule has 3 aromatic rings. The number of hydrogen-bond donors (Lipinski definition) is 1. The first-order valence-corrected chi connectivity index (χ1v) is 9.51. The topological polar surface area (TPSA) is 61.4 Å². The molecule has 2 heterocycles. The Morgan fingerprint density at radius 2 is 1.64 bits per heavy atom. The molecule has 28 heavy (non-hydrogen) atoms. The molecule has 6 nitrogen and oxygen atoms in total. The number of anilines is 2. The summed E-state index contributed by atoms with van der Waals surface area (Å²) in [5.74, 6) is 0.875. The van der Waals surface area contributed by atoms with Crippen LogP contribution in [0.15, 0.2) is 67.0 Å². The molecule has 0 aliphatic carbocycles. The van der Waals surface area contributed by atoms with Gasteiger partial charge >= 0.3 is 6.03 Å². The van der Waals surface area contributed by atoms with Gasteiger partial charge in [0.05, 0.1) is 16.4 Å². The zero-order valence-electron chi connectivity index (χ0n) is 15.3. The number of benzene rings is 2. The second-order valence-electron chi connectivity index (χ2n) is 6.51. The quantitative estimate of drug-likeness (QED) is 0.726. The van der Waals surface area contributed by atoms with Gasteiger partial charge < -0.3 is 15.1 Å². The van der Waals surface area contributed by atoms with Gasteiger partial charge in [-0.1, -0.05) is 54.1 Å². The fraction of sp³-hybridized carbons (Fsp3) is 0.190. The Morgan fingerprint density at radius 3 is 2.39 bits per heavy atom. The van der Waals surface area contributed by atoms with Crippen LogP contribution < -0.4 is 10.2 Å². The second kappa shape index (κ2) is 8.27. The van der Waals surface area contributed by atoms with E-state index in [9.17, 15) is 4.79 Å². The molecule has 1 aromatic heterocycles. The second-order valence-corrected chi connectivity index (χ2v) is 6.92. The summed E-state index contributed by atoms with van der Waals surface area (Å²) in [7, 11) is 0. The van der Waals surface area contributed by atoms with Crippen LogP contribution in [-0.2, 0) is 0 Å². The van der Waals surface area contributed by atoms with Gasteiger partial charge in [0.15, 0.2) is 0 Å². The number of urea groups is 1. The first-order valence-electron chi connectivity index (χ1n) is 9.13. The van der Waals surface area contributed by atoms with Gasteiger partial charge in [-0.05, 0) is 12.1 Å². The molecule has 1 aliphatic heterocycles. The van der Waals surface area contributed by atoms with Crippen LogP contribution >= 0.6 is 11.6 Å². The minimum absolute atomic E-state index is 0.139. The van der Waals surface area contributed by atoms with Gasteiger partial charge in [-0.2, -0.15) is 0 Å². The van der Waals surface area contributed by atoms with Crippen LogP contribution in [-0.4, -0.2) is 47.1 Å². The van der Waals surface area contributed by atoms with Crippen LogP contribution in [0.4, 0.5) is 16.3 Å². The van der Waals surface area contributed by atoms with E-state index in [2.05, 4.69) is 20.2 Å². The fourth-order valence-electron chi connectivity index (χ4n) is 3.18. The summed E-state index contributed by atoms with van der Waals surface area (Å²) in [4.78, 5) is 25.3. The molecule has 0 radical (unpaired) electrons. The van der Waals surface area contributed by atoms with Crippen LogP contribution in [0.2, 0.25) is 5.02 Å². The number of carbonyl (C=O) groups is 1. The highest BCUT2D eigenvalue weighted by Crippen LogP contribution is 2.23. The number of carbonyl (C=O) groups excluding carboxylic acids is 1. The van der Waals surface area contributed by atoms with E-state index in [1.165, 1.54) is 0 Å². The highest BCUT2D eigenvalue weighted by atomic mass is 35.5. The van der Waals surface area contributed by atoms with Crippen LogP contribution in [0.1, 0.15) is 0 Å². The van der Waals surface area contributed by atoms with E-state index in [0.29, 0.717) is 36.9 Å². The van der Waals surface area contributed by atoms with E-state index < -0.39 is 0 Å². The zero-order valence-corrected chi connectivity index (χ0v) is 16.0. The molecule has 4 rings (SSSR count). The molecule has 0 atom stereocenters. The smallest absolute Gasteiger partial charge is 0.322 e. The third-order valence-corrected chi connectivity index (χ3v) is 5.06. The summed E-state index contributed by atoms with van der Waals surface area (Å²) in [6, 6.07) is 19.1. The van der Waals surface area contributed by atoms with Crippen molar-refractivity contribution in [1.29, 1.82) is 0 Å². The minimum atomic E-state index is -0.139. The molecule has 7 heteroatoms. The zero-order chi connectivity index (χ0) is 19.3. The summed E-state index contributed by atoms with van der Waals surface area (Å²) in [5.41, 5.74) is 2.58. The van der Waals surface area contributed by atoms with Gasteiger partial charge in [-0.25, -0.2) is 14.8 Å². The Hall–Kier alpha value is -3.12. The number of nitrogens with zero attached hydrogens (tertiary/aromatic N) is 4. The van der Waals surface area contributed by atoms with Crippen molar-refractivity contribution in [3.63, 3.8) is 0 Å². The third kappa shape index (κ3) is 4.07. The molecule has 1 aliphatic rings. The molecular weight excluding hydrogens is 374 g/mol. The van der Waals surface area contributed by atoms with E-state index in [-0.39, 0.29) is 6.03 Å². The lowest BCUT2D eigenvalue weighted by Gasteiger charge is -2.35. The van der Waals surface area contributed by atoms with Crippen LogP contribution in [0.5, 0.6) is 0 Å². The van der Waals surface area contributed by atoms with Crippen molar-refractivity contribution in [2.24, 2.45) is 0 Å². The van der Waals surface area contributed by atoms with Gasteiger partial charge in [0.1, 0.15) is 12.1 Å². The molecule has 1 N–H and O–H groups in total. The minimum Gasteiger partial charge on any atom is -0.353 e. The first kappa shape index (κ1) is 18.3. The highest BCUT2D eigenvalue weighted by Gasteiger charge is 2.22. The molecule has 2 aromatic carbocycles. The lowest BCUT2D eigenvalue weighted by atomic mass is 10.1. The number of halogens is 1. The van der Waals surface area contributed by atoms with Crippen molar-refractivity contribution in [3.8, 4) is 11.3 Å². The predicted octanol–water partition coefficient (Wildman–Crippen LogP) is 4.15. The van der Waals surface area contributed by atoms with Crippen molar-refractivity contribution in [1.82, 2.24) is 14.9 Å². The molecule has 142 valence electrons. The van der Waals surface area contributed by atoms with Gasteiger partial charge in [0.25, 0.3) is 0 Å². The number of nitrogens with one attached hydrogen (secondary N) is 1. The monoisotopic (exact) mass is 393 g/mol. The summed E-state index contributed by atoms with van der Waals surface area (Å²) < 4.78 is 0. The SMILES string of the molecule is O=C(Nc1ccccc1Cl)N1CCN(c2cc(-c3ccccc3)ncn2)CC1. The van der Waals surface area contributed by atoms with E-state index in [0.717, 1.165) is 17.1 Å². The normalized spacial score (nSPS) is 14.0. The first-order chi connectivity index (χ1) is 13.7. The average molecular weight is 394 g/mol. The lowest BCUT2D eigenvalue weighted by molar-refractivity contribution is 0.208. The number of amides is 2. The Balaban J connectivity index is 1.39. The molecular formula is C21H20ClN5O. The number of para-hydroxylation sites is 1. The van der Waals surface area contributed by atoms with Crippen molar-refractivity contribution in [2.45, 2.75) is 0 Å². The van der Waals surface area contributed by atoms with Gasteiger partial charge in [0, 0.05) is 37.8 Å². The molecule has 1 saturated heterocycles. The van der Waals surface area contributed by atoms with E-state index in [1.807, 2.05) is 48.5 Å². The number of rotatable bonds is 3. The van der Waals surface area contributed by atoms with Crippen molar-refractivity contribution >= 4 is 29.1 Å². The van der Waals surface area contributed by atoms with E-state index in [1.54, 1.807) is 23.4 Å². The van der Waals surface area contributed by atoms with E-state index >= 15 is 0 Å². The average Bonchev–Trinajstić information content (AvgIpc) is 2.76. The van der Waals surface area contributed by atoms with Crippen molar-refractivity contribution < 1.29 is 4.79 Å². The van der Waals surface area contributed by atoms with Gasteiger partial charge in [0.2, 0.25) is 0 Å². The number of piperazine rings is 1. The van der Waals surface area contributed by atoms with Crippen LogP contribution in [0, 0.1) is 0 Å². The number of hydrogen-bond acceptors (Lipinski definition) is 4. The van der Waals surface area contributed by atoms with Crippen LogP contribution in [0.25, 0.3) is 11.3 Å². The van der Waals surface area contributed by atoms with E-state index in [4.69, 9.17) is 11.6 Å². The standard InChI is InChI=1S/C21H20ClN5O/c22-17-8-4-5-9-18(17)25-21(28)27-12-10-26(11-13-27)20-14-19(23-15-24-20)16-6-2-1-3-7-16/h1-9,14-15H,10-13H2,(H,25,28). The van der Waals surface area contributed by atoms with Crippen LogP contribution in [0.3, 0.4) is 0 Å². The third-order valence-electron chi connectivity index (χ3n) is 4.73. The van der Waals surface area contributed by atoms with Crippen molar-refractivity contribution in [2.75, 3.05) is 36.4 Å². The molecule has 0 saturated carbocycles. The molecule has 1 fully saturated rings. The number of aromatic nitrogens is 2. The summed E-state index contributed by atoms with van der Waals surface area (Å²) >= 11 is 6.12. The molecule has 0 unspecified atom stereocenters. The Labute approximate surface area is 168 Å². The Bertz CT molecular complexity index is 958. The molecule has 2 amide bonds. The van der Waals surface area contributed by atoms with Gasteiger partial charge in [-0.3, -0.25) is 0 Å². The lowest BCUT2D eigenvalue weighted by Crippen LogP contribution is -2.50. The molecule has 0 bridgehead atoms. The predicted molar refractivity (Wildman–Crippen MR) is 112 cm³/mol. The summed E-state index contributed by atoms with van der Waals surface area (Å²) in [6.45, 7) is 2.64.